The Morgan fingerprint density at radius 3 is 2.30 bits per heavy atom. The lowest BCUT2D eigenvalue weighted by Gasteiger charge is -2.42. The Hall–Kier alpha value is -2.49. The highest BCUT2D eigenvalue weighted by Gasteiger charge is 2.40. The smallest absolute Gasteiger partial charge is 0.256 e. The third-order valence-electron chi connectivity index (χ3n) is 4.74. The van der Waals surface area contributed by atoms with Gasteiger partial charge in [0.2, 0.25) is 0 Å². The first kappa shape index (κ1) is 19.3. The fourth-order valence-electron chi connectivity index (χ4n) is 3.77. The molecule has 3 rings (SSSR count). The van der Waals surface area contributed by atoms with E-state index in [1.54, 1.807) is 24.3 Å². The second-order valence-corrected chi connectivity index (χ2v) is 9.14. The number of hydrogen-bond donors (Lipinski definition) is 2. The van der Waals surface area contributed by atoms with Gasteiger partial charge in [-0.3, -0.25) is 9.59 Å². The van der Waals surface area contributed by atoms with Crippen LogP contribution in [0.25, 0.3) is 0 Å². The molecule has 2 heterocycles. The van der Waals surface area contributed by atoms with E-state index in [0.717, 1.165) is 16.9 Å². The number of Topliss-reactive ketones (excluding diaryl/α,β-unsaturated/α-hetero) is 1. The average molecular weight is 382 g/mol. The molecule has 0 atom stereocenters. The van der Waals surface area contributed by atoms with Crippen molar-refractivity contribution in [1.82, 2.24) is 5.32 Å². The summed E-state index contributed by atoms with van der Waals surface area (Å²) in [4.78, 5) is 25.1. The van der Waals surface area contributed by atoms with Gasteiger partial charge in [-0.1, -0.05) is 12.1 Å². The standard InChI is InChI=1S/C21H23N3O2S/c1-12(25)13-6-8-14(9-7-13)18(26)23-19-16(11-22)15-10-20(2,3)24-21(4,5)17(15)27-19/h6-9,24H,10H2,1-5H3,(H,23,26). The maximum Gasteiger partial charge on any atom is 0.256 e. The Bertz CT molecular complexity index is 963. The van der Waals surface area contributed by atoms with E-state index in [1.807, 2.05) is 0 Å². The van der Waals surface area contributed by atoms with Gasteiger partial charge in [-0.15, -0.1) is 11.3 Å². The van der Waals surface area contributed by atoms with Crippen molar-refractivity contribution in [3.63, 3.8) is 0 Å². The van der Waals surface area contributed by atoms with Gasteiger partial charge < -0.3 is 10.6 Å². The quantitative estimate of drug-likeness (QED) is 0.780. The molecule has 1 aliphatic rings. The molecule has 27 heavy (non-hydrogen) atoms. The molecule has 2 aromatic rings. The summed E-state index contributed by atoms with van der Waals surface area (Å²) in [6.45, 7) is 9.91. The highest BCUT2D eigenvalue weighted by atomic mass is 32.1. The summed E-state index contributed by atoms with van der Waals surface area (Å²) in [6, 6.07) is 8.81. The van der Waals surface area contributed by atoms with Crippen molar-refractivity contribution < 1.29 is 9.59 Å². The summed E-state index contributed by atoms with van der Waals surface area (Å²) in [5.41, 5.74) is 2.16. The highest BCUT2D eigenvalue weighted by Crippen LogP contribution is 2.44. The lowest BCUT2D eigenvalue weighted by molar-refractivity contribution is 0.101. The third kappa shape index (κ3) is 3.66. The number of rotatable bonds is 3. The van der Waals surface area contributed by atoms with Gasteiger partial charge >= 0.3 is 0 Å². The molecule has 0 saturated carbocycles. The Morgan fingerprint density at radius 2 is 1.74 bits per heavy atom. The molecule has 1 amide bonds. The number of nitrogens with zero attached hydrogens (tertiary/aromatic N) is 1. The van der Waals surface area contributed by atoms with Crippen molar-refractivity contribution in [2.45, 2.75) is 52.1 Å². The van der Waals surface area contributed by atoms with Crippen molar-refractivity contribution in [3.05, 3.63) is 51.4 Å². The first-order valence-electron chi connectivity index (χ1n) is 8.82. The zero-order valence-corrected chi connectivity index (χ0v) is 17.0. The average Bonchev–Trinajstić information content (AvgIpc) is 2.90. The lowest BCUT2D eigenvalue weighted by Crippen LogP contribution is -2.54. The number of ketones is 1. The molecule has 140 valence electrons. The zero-order chi connectivity index (χ0) is 20.0. The molecule has 2 N–H and O–H groups in total. The van der Waals surface area contributed by atoms with Crippen molar-refractivity contribution >= 4 is 28.0 Å². The summed E-state index contributed by atoms with van der Waals surface area (Å²) in [7, 11) is 0. The van der Waals surface area contributed by atoms with Crippen LogP contribution in [0, 0.1) is 11.3 Å². The van der Waals surface area contributed by atoms with Gasteiger partial charge in [0, 0.05) is 27.1 Å². The van der Waals surface area contributed by atoms with Crippen molar-refractivity contribution in [3.8, 4) is 6.07 Å². The second kappa shape index (κ2) is 6.59. The molecular formula is C21H23N3O2S. The van der Waals surface area contributed by atoms with E-state index in [-0.39, 0.29) is 22.8 Å². The molecule has 0 saturated heterocycles. The van der Waals surface area contributed by atoms with Gasteiger partial charge in [0.25, 0.3) is 5.91 Å². The highest BCUT2D eigenvalue weighted by molar-refractivity contribution is 7.17. The fourth-order valence-corrected chi connectivity index (χ4v) is 4.99. The van der Waals surface area contributed by atoms with Crippen LogP contribution in [0.3, 0.4) is 0 Å². The van der Waals surface area contributed by atoms with Crippen LogP contribution in [-0.2, 0) is 12.0 Å². The number of carbonyl (C=O) groups excluding carboxylic acids is 2. The maximum atomic E-state index is 12.7. The topological polar surface area (TPSA) is 82.0 Å². The van der Waals surface area contributed by atoms with Gasteiger partial charge in [-0.05, 0) is 58.7 Å². The number of nitriles is 1. The Kier molecular flexibility index (Phi) is 4.71. The van der Waals surface area contributed by atoms with Gasteiger partial charge in [-0.2, -0.15) is 5.26 Å². The minimum absolute atomic E-state index is 0.0444. The van der Waals surface area contributed by atoms with E-state index >= 15 is 0 Å². The molecule has 0 aliphatic carbocycles. The molecular weight excluding hydrogens is 358 g/mol. The number of nitrogens with one attached hydrogen (secondary N) is 2. The number of hydrogen-bond acceptors (Lipinski definition) is 5. The van der Waals surface area contributed by atoms with Crippen molar-refractivity contribution in [2.75, 3.05) is 5.32 Å². The summed E-state index contributed by atoms with van der Waals surface area (Å²) in [5.74, 6) is -0.331. The summed E-state index contributed by atoms with van der Waals surface area (Å²) >= 11 is 1.45. The molecule has 1 aromatic heterocycles. The van der Waals surface area contributed by atoms with E-state index in [1.165, 1.54) is 18.3 Å². The van der Waals surface area contributed by atoms with Crippen molar-refractivity contribution in [2.24, 2.45) is 0 Å². The minimum Gasteiger partial charge on any atom is -0.312 e. The van der Waals surface area contributed by atoms with Gasteiger partial charge in [0.05, 0.1) is 5.56 Å². The van der Waals surface area contributed by atoms with Crippen LogP contribution in [0.2, 0.25) is 0 Å². The molecule has 1 aromatic carbocycles. The summed E-state index contributed by atoms with van der Waals surface area (Å²) in [5, 5.41) is 16.8. The van der Waals surface area contributed by atoms with Gasteiger partial charge in [0.15, 0.2) is 5.78 Å². The van der Waals surface area contributed by atoms with Crippen LogP contribution in [-0.4, -0.2) is 17.2 Å². The number of fused-ring (bicyclic) bond motifs is 1. The summed E-state index contributed by atoms with van der Waals surface area (Å²) in [6.07, 6.45) is 0.730. The van der Waals surface area contributed by atoms with Crippen LogP contribution in [0.15, 0.2) is 24.3 Å². The predicted molar refractivity (Wildman–Crippen MR) is 107 cm³/mol. The molecule has 0 unspecified atom stereocenters. The Morgan fingerprint density at radius 1 is 1.15 bits per heavy atom. The number of amides is 1. The molecule has 0 fully saturated rings. The molecule has 0 bridgehead atoms. The normalized spacial score (nSPS) is 16.9. The summed E-state index contributed by atoms with van der Waals surface area (Å²) < 4.78 is 0. The van der Waals surface area contributed by atoms with Crippen LogP contribution >= 0.6 is 11.3 Å². The molecule has 1 aliphatic heterocycles. The lowest BCUT2D eigenvalue weighted by atomic mass is 9.81. The largest absolute Gasteiger partial charge is 0.312 e. The SMILES string of the molecule is CC(=O)c1ccc(C(=O)Nc2sc3c(c2C#N)CC(C)(C)NC3(C)C)cc1. The molecule has 0 radical (unpaired) electrons. The van der Waals surface area contributed by atoms with Gasteiger partial charge in [-0.25, -0.2) is 0 Å². The maximum absolute atomic E-state index is 12.7. The van der Waals surface area contributed by atoms with Crippen molar-refractivity contribution in [1.29, 1.82) is 5.26 Å². The van der Waals surface area contributed by atoms with Gasteiger partial charge in [0.1, 0.15) is 11.1 Å². The van der Waals surface area contributed by atoms with E-state index in [0.29, 0.717) is 21.7 Å². The second-order valence-electron chi connectivity index (χ2n) is 8.12. The number of thiophene rings is 1. The zero-order valence-electron chi connectivity index (χ0n) is 16.2. The number of carbonyl (C=O) groups is 2. The van der Waals surface area contributed by atoms with Crippen LogP contribution in [0.4, 0.5) is 5.00 Å². The van der Waals surface area contributed by atoms with E-state index < -0.39 is 0 Å². The first-order chi connectivity index (χ1) is 12.5. The Balaban J connectivity index is 1.94. The van der Waals surface area contributed by atoms with Crippen LogP contribution < -0.4 is 10.6 Å². The predicted octanol–water partition coefficient (Wildman–Crippen LogP) is 4.23. The van der Waals surface area contributed by atoms with Crippen LogP contribution in [0.1, 0.15) is 71.3 Å². The molecule has 6 heteroatoms. The first-order valence-corrected chi connectivity index (χ1v) is 9.64. The third-order valence-corrected chi connectivity index (χ3v) is 6.21. The van der Waals surface area contributed by atoms with E-state index in [9.17, 15) is 14.9 Å². The molecule has 0 spiro atoms. The van der Waals surface area contributed by atoms with E-state index in [2.05, 4.69) is 44.4 Å². The monoisotopic (exact) mass is 381 g/mol. The minimum atomic E-state index is -0.287. The van der Waals surface area contributed by atoms with Crippen LogP contribution in [0.5, 0.6) is 0 Å². The Labute approximate surface area is 163 Å². The van der Waals surface area contributed by atoms with E-state index in [4.69, 9.17) is 0 Å². The number of anilines is 1. The molecule has 5 nitrogen and oxygen atoms in total. The number of benzene rings is 1. The fraction of sp³-hybridized carbons (Fsp3) is 0.381.